The summed E-state index contributed by atoms with van der Waals surface area (Å²) in [6.45, 7) is 4.60. The van der Waals surface area contributed by atoms with Gasteiger partial charge in [-0.2, -0.15) is 9.97 Å². The van der Waals surface area contributed by atoms with Crippen LogP contribution in [0.2, 0.25) is 0 Å². The molecule has 0 unspecified atom stereocenters. The van der Waals surface area contributed by atoms with Crippen molar-refractivity contribution in [3.63, 3.8) is 0 Å². The van der Waals surface area contributed by atoms with E-state index in [0.29, 0.717) is 17.6 Å². The highest BCUT2D eigenvalue weighted by Crippen LogP contribution is 2.49. The third-order valence-electron chi connectivity index (χ3n) is 9.88. The molecule has 0 radical (unpaired) electrons. The monoisotopic (exact) mass is 604 g/mol. The molecule has 222 valence electrons. The summed E-state index contributed by atoms with van der Waals surface area (Å²) in [6.07, 6.45) is 0. The van der Waals surface area contributed by atoms with Gasteiger partial charge in [0.15, 0.2) is 11.6 Å². The largest absolute Gasteiger partial charge is 0.455 e. The fraction of sp³-hybridized carbons (Fsp3) is 0.0714. The van der Waals surface area contributed by atoms with E-state index in [9.17, 15) is 0 Å². The number of hydrogen-bond donors (Lipinski definition) is 0. The van der Waals surface area contributed by atoms with Crippen LogP contribution in [0.25, 0.3) is 83.6 Å². The number of rotatable bonds is 3. The minimum atomic E-state index is -0.0745. The lowest BCUT2D eigenvalue weighted by Crippen LogP contribution is -2.14. The molecular weight excluding hydrogens is 576 g/mol. The average molecular weight is 605 g/mol. The zero-order valence-corrected chi connectivity index (χ0v) is 25.9. The molecular formula is C42H28N4O. The molecule has 1 aliphatic rings. The van der Waals surface area contributed by atoms with Gasteiger partial charge in [-0.3, -0.25) is 4.57 Å². The molecule has 0 saturated heterocycles. The molecule has 0 fully saturated rings. The summed E-state index contributed by atoms with van der Waals surface area (Å²) in [5.74, 6) is 1.83. The predicted molar refractivity (Wildman–Crippen MR) is 190 cm³/mol. The number of furan rings is 1. The van der Waals surface area contributed by atoms with E-state index in [-0.39, 0.29) is 5.41 Å². The molecule has 47 heavy (non-hydrogen) atoms. The molecule has 0 spiro atoms. The highest BCUT2D eigenvalue weighted by molar-refractivity contribution is 6.23. The number of aromatic nitrogens is 4. The molecule has 3 heterocycles. The van der Waals surface area contributed by atoms with E-state index in [0.717, 1.165) is 54.9 Å². The Balaban J connectivity index is 1.26. The Morgan fingerprint density at radius 2 is 1.23 bits per heavy atom. The van der Waals surface area contributed by atoms with Gasteiger partial charge in [0.1, 0.15) is 11.2 Å². The fourth-order valence-electron chi connectivity index (χ4n) is 7.62. The quantitative estimate of drug-likeness (QED) is 0.201. The summed E-state index contributed by atoms with van der Waals surface area (Å²) in [5.41, 5.74) is 10.7. The van der Waals surface area contributed by atoms with Crippen molar-refractivity contribution in [3.8, 4) is 39.9 Å². The van der Waals surface area contributed by atoms with Crippen LogP contribution in [0.4, 0.5) is 0 Å². The molecule has 0 saturated carbocycles. The summed E-state index contributed by atoms with van der Waals surface area (Å²) >= 11 is 0. The third kappa shape index (κ3) is 3.68. The Hall–Kier alpha value is -6.07. The first-order chi connectivity index (χ1) is 23.1. The summed E-state index contributed by atoms with van der Waals surface area (Å²) in [4.78, 5) is 15.4. The molecule has 0 N–H and O–H groups in total. The van der Waals surface area contributed by atoms with Crippen LogP contribution in [-0.4, -0.2) is 19.5 Å². The topological polar surface area (TPSA) is 56.7 Å². The van der Waals surface area contributed by atoms with Crippen molar-refractivity contribution in [2.75, 3.05) is 0 Å². The van der Waals surface area contributed by atoms with Crippen molar-refractivity contribution in [2.24, 2.45) is 0 Å². The molecule has 0 amide bonds. The van der Waals surface area contributed by atoms with E-state index >= 15 is 0 Å². The lowest BCUT2D eigenvalue weighted by Gasteiger charge is -2.21. The van der Waals surface area contributed by atoms with E-state index in [1.807, 2.05) is 42.5 Å². The second-order valence-corrected chi connectivity index (χ2v) is 12.9. The van der Waals surface area contributed by atoms with E-state index < -0.39 is 0 Å². The van der Waals surface area contributed by atoms with Crippen molar-refractivity contribution >= 4 is 43.7 Å². The summed E-state index contributed by atoms with van der Waals surface area (Å²) in [5, 5.41) is 4.34. The van der Waals surface area contributed by atoms with Crippen LogP contribution in [0.15, 0.2) is 138 Å². The summed E-state index contributed by atoms with van der Waals surface area (Å²) in [6, 6.07) is 46.5. The molecule has 5 heteroatoms. The van der Waals surface area contributed by atoms with Gasteiger partial charge in [0.2, 0.25) is 5.95 Å². The van der Waals surface area contributed by atoms with Crippen LogP contribution in [0.3, 0.4) is 0 Å². The van der Waals surface area contributed by atoms with Crippen LogP contribution in [0, 0.1) is 0 Å². The first-order valence-corrected chi connectivity index (χ1v) is 16.0. The highest BCUT2D eigenvalue weighted by atomic mass is 16.3. The molecule has 0 atom stereocenters. The number of nitrogens with zero attached hydrogens (tertiary/aromatic N) is 4. The van der Waals surface area contributed by atoms with Crippen LogP contribution in [0.5, 0.6) is 0 Å². The number of hydrogen-bond acceptors (Lipinski definition) is 4. The summed E-state index contributed by atoms with van der Waals surface area (Å²) in [7, 11) is 0. The minimum absolute atomic E-state index is 0.0745. The Kier molecular flexibility index (Phi) is 5.28. The van der Waals surface area contributed by atoms with E-state index in [1.165, 1.54) is 22.3 Å². The standard InChI is InChI=1S/C42H28N4O/c1-42(2)32-17-9-6-14-27(32)31-24-26(20-22-33(31)42)40-43-39(25-12-4-3-5-13-25)44-41(45-40)46-34-18-10-7-16-30(34)37-35(46)23-21-29-28-15-8-11-19-36(28)47-38(29)37/h3-24H,1-2H3. The average Bonchev–Trinajstić information content (AvgIpc) is 3.74. The van der Waals surface area contributed by atoms with E-state index in [4.69, 9.17) is 19.4 Å². The molecule has 1 aliphatic carbocycles. The van der Waals surface area contributed by atoms with Gasteiger partial charge in [-0.25, -0.2) is 4.98 Å². The van der Waals surface area contributed by atoms with Crippen LogP contribution >= 0.6 is 0 Å². The summed E-state index contributed by atoms with van der Waals surface area (Å²) < 4.78 is 8.68. The van der Waals surface area contributed by atoms with Gasteiger partial charge in [0, 0.05) is 32.7 Å². The van der Waals surface area contributed by atoms with Crippen molar-refractivity contribution in [2.45, 2.75) is 19.3 Å². The lowest BCUT2D eigenvalue weighted by atomic mass is 9.82. The van der Waals surface area contributed by atoms with Crippen molar-refractivity contribution < 1.29 is 4.42 Å². The van der Waals surface area contributed by atoms with Gasteiger partial charge < -0.3 is 4.42 Å². The van der Waals surface area contributed by atoms with Gasteiger partial charge in [-0.05, 0) is 52.6 Å². The molecule has 10 rings (SSSR count). The van der Waals surface area contributed by atoms with Crippen LogP contribution < -0.4 is 0 Å². The zero-order chi connectivity index (χ0) is 31.3. The maximum atomic E-state index is 6.53. The normalized spacial score (nSPS) is 13.5. The number of benzene rings is 6. The SMILES string of the molecule is CC1(C)c2ccccc2-c2cc(-c3nc(-c4ccccc4)nc(-n4c5ccccc5c5c6oc7ccccc7c6ccc54)n3)ccc21. The Morgan fingerprint density at radius 3 is 2.11 bits per heavy atom. The third-order valence-corrected chi connectivity index (χ3v) is 9.88. The van der Waals surface area contributed by atoms with Crippen LogP contribution in [-0.2, 0) is 5.41 Å². The Morgan fingerprint density at radius 1 is 0.532 bits per heavy atom. The predicted octanol–water partition coefficient (Wildman–Crippen LogP) is 10.5. The molecule has 0 aliphatic heterocycles. The van der Waals surface area contributed by atoms with Gasteiger partial charge >= 0.3 is 0 Å². The first-order valence-electron chi connectivity index (χ1n) is 16.0. The zero-order valence-electron chi connectivity index (χ0n) is 25.9. The number of fused-ring (bicyclic) bond motifs is 10. The molecule has 6 aromatic carbocycles. The van der Waals surface area contributed by atoms with Gasteiger partial charge in [0.25, 0.3) is 0 Å². The second kappa shape index (κ2) is 9.47. The van der Waals surface area contributed by atoms with Crippen molar-refractivity contribution in [1.29, 1.82) is 0 Å². The number of para-hydroxylation sites is 2. The van der Waals surface area contributed by atoms with Gasteiger partial charge in [-0.1, -0.05) is 117 Å². The highest BCUT2D eigenvalue weighted by Gasteiger charge is 2.35. The maximum Gasteiger partial charge on any atom is 0.238 e. The lowest BCUT2D eigenvalue weighted by molar-refractivity contribution is 0.660. The Labute approximate surface area is 270 Å². The van der Waals surface area contributed by atoms with Gasteiger partial charge in [-0.15, -0.1) is 0 Å². The maximum absolute atomic E-state index is 6.53. The van der Waals surface area contributed by atoms with E-state index in [2.05, 4.69) is 109 Å². The molecule has 5 nitrogen and oxygen atoms in total. The second-order valence-electron chi connectivity index (χ2n) is 12.9. The van der Waals surface area contributed by atoms with Crippen molar-refractivity contribution in [1.82, 2.24) is 19.5 Å². The molecule has 9 aromatic rings. The van der Waals surface area contributed by atoms with E-state index in [1.54, 1.807) is 0 Å². The smallest absolute Gasteiger partial charge is 0.238 e. The van der Waals surface area contributed by atoms with Gasteiger partial charge in [0.05, 0.1) is 16.4 Å². The molecule has 3 aromatic heterocycles. The van der Waals surface area contributed by atoms with Crippen molar-refractivity contribution in [3.05, 3.63) is 145 Å². The fourth-order valence-corrected chi connectivity index (χ4v) is 7.62. The Bertz CT molecular complexity index is 2720. The first kappa shape index (κ1) is 26.2. The van der Waals surface area contributed by atoms with Crippen LogP contribution in [0.1, 0.15) is 25.0 Å². The molecule has 0 bridgehead atoms. The minimum Gasteiger partial charge on any atom is -0.455 e.